The van der Waals surface area contributed by atoms with Crippen LogP contribution in [0.25, 0.3) is 22.2 Å². The summed E-state index contributed by atoms with van der Waals surface area (Å²) in [7, 11) is 0. The monoisotopic (exact) mass is 287 g/mol. The van der Waals surface area contributed by atoms with Crippen LogP contribution in [0.1, 0.15) is 11.1 Å². The molecule has 1 heterocycles. The van der Waals surface area contributed by atoms with Crippen molar-refractivity contribution in [2.45, 2.75) is 6.18 Å². The second-order valence-electron chi connectivity index (χ2n) is 4.52. The molecule has 0 fully saturated rings. The number of aromatic nitrogens is 2. The second kappa shape index (κ2) is 4.63. The molecule has 6 heteroatoms. The first kappa shape index (κ1) is 13.2. The van der Waals surface area contributed by atoms with Crippen LogP contribution in [0.5, 0.6) is 0 Å². The first-order valence-corrected chi connectivity index (χ1v) is 6.05. The fraction of sp³-hybridized carbons (Fsp3) is 0.0667. The van der Waals surface area contributed by atoms with Gasteiger partial charge in [0.05, 0.1) is 28.4 Å². The second-order valence-corrected chi connectivity index (χ2v) is 4.52. The highest BCUT2D eigenvalue weighted by Crippen LogP contribution is 2.33. The number of rotatable bonds is 1. The zero-order valence-corrected chi connectivity index (χ0v) is 10.6. The fourth-order valence-corrected chi connectivity index (χ4v) is 2.15. The van der Waals surface area contributed by atoms with Crippen molar-refractivity contribution < 1.29 is 13.2 Å². The lowest BCUT2D eigenvalue weighted by molar-refractivity contribution is -0.137. The number of H-pyrrole nitrogens is 1. The number of nitrogens with zero attached hydrogens (tertiary/aromatic N) is 2. The molecule has 0 saturated carbocycles. The zero-order valence-electron chi connectivity index (χ0n) is 10.6. The highest BCUT2D eigenvalue weighted by molar-refractivity contribution is 5.93. The van der Waals surface area contributed by atoms with Crippen molar-refractivity contribution in [1.82, 2.24) is 10.2 Å². The van der Waals surface area contributed by atoms with Crippen molar-refractivity contribution in [2.75, 3.05) is 0 Å². The molecule has 0 spiro atoms. The van der Waals surface area contributed by atoms with Crippen molar-refractivity contribution in [3.05, 3.63) is 53.6 Å². The third-order valence-corrected chi connectivity index (χ3v) is 3.16. The minimum atomic E-state index is -4.40. The largest absolute Gasteiger partial charge is 0.416 e. The SMILES string of the molecule is N#Cc1ccc2[nH]nc(-c3cccc(C(F)(F)F)c3)c2c1. The molecule has 3 nitrogen and oxygen atoms in total. The Morgan fingerprint density at radius 3 is 2.62 bits per heavy atom. The van der Waals surface area contributed by atoms with E-state index in [1.165, 1.54) is 6.07 Å². The molecule has 0 bridgehead atoms. The molecule has 1 N–H and O–H groups in total. The lowest BCUT2D eigenvalue weighted by Crippen LogP contribution is -2.04. The molecule has 3 aromatic rings. The van der Waals surface area contributed by atoms with Gasteiger partial charge < -0.3 is 0 Å². The van der Waals surface area contributed by atoms with Crippen LogP contribution in [0.4, 0.5) is 13.2 Å². The summed E-state index contributed by atoms with van der Waals surface area (Å²) in [6, 6.07) is 11.9. The molecular formula is C15H8F3N3. The minimum Gasteiger partial charge on any atom is -0.277 e. The summed E-state index contributed by atoms with van der Waals surface area (Å²) in [5, 5.41) is 16.4. The first-order valence-electron chi connectivity index (χ1n) is 6.05. The Bertz CT molecular complexity index is 856. The van der Waals surface area contributed by atoms with Crippen LogP contribution in [-0.4, -0.2) is 10.2 Å². The molecule has 0 atom stereocenters. The molecule has 0 saturated heterocycles. The summed E-state index contributed by atoms with van der Waals surface area (Å²) in [5.74, 6) is 0. The van der Waals surface area contributed by atoms with Gasteiger partial charge in [-0.3, -0.25) is 5.10 Å². The Morgan fingerprint density at radius 1 is 1.10 bits per heavy atom. The van der Waals surface area contributed by atoms with E-state index in [1.807, 2.05) is 6.07 Å². The molecule has 0 amide bonds. The number of fused-ring (bicyclic) bond motifs is 1. The molecule has 0 radical (unpaired) electrons. The van der Waals surface area contributed by atoms with Crippen LogP contribution in [0.3, 0.4) is 0 Å². The highest BCUT2D eigenvalue weighted by Gasteiger charge is 2.30. The summed E-state index contributed by atoms with van der Waals surface area (Å²) < 4.78 is 38.3. The van der Waals surface area contributed by atoms with Crippen molar-refractivity contribution >= 4 is 10.9 Å². The predicted octanol–water partition coefficient (Wildman–Crippen LogP) is 4.12. The first-order chi connectivity index (χ1) is 9.99. The van der Waals surface area contributed by atoms with E-state index in [-0.39, 0.29) is 0 Å². The standard InChI is InChI=1S/C15H8F3N3/c16-15(17,18)11-3-1-2-10(7-11)14-12-6-9(8-19)4-5-13(12)20-21-14/h1-7H,(H,20,21). The lowest BCUT2D eigenvalue weighted by atomic mass is 10.0. The highest BCUT2D eigenvalue weighted by atomic mass is 19.4. The quantitative estimate of drug-likeness (QED) is 0.732. The maximum Gasteiger partial charge on any atom is 0.416 e. The Morgan fingerprint density at radius 2 is 1.90 bits per heavy atom. The summed E-state index contributed by atoms with van der Waals surface area (Å²) in [6.45, 7) is 0. The van der Waals surface area contributed by atoms with E-state index >= 15 is 0 Å². The van der Waals surface area contributed by atoms with Gasteiger partial charge in [0.1, 0.15) is 0 Å². The van der Waals surface area contributed by atoms with Crippen LogP contribution >= 0.6 is 0 Å². The average Bonchev–Trinajstić information content (AvgIpc) is 2.89. The molecular weight excluding hydrogens is 279 g/mol. The van der Waals surface area contributed by atoms with Crippen LogP contribution in [0.15, 0.2) is 42.5 Å². The maximum absolute atomic E-state index is 12.8. The summed E-state index contributed by atoms with van der Waals surface area (Å²) in [5.41, 5.74) is 1.12. The molecule has 104 valence electrons. The van der Waals surface area contributed by atoms with Gasteiger partial charge in [0.2, 0.25) is 0 Å². The number of hydrogen-bond acceptors (Lipinski definition) is 2. The number of halogens is 3. The Hall–Kier alpha value is -2.81. The molecule has 21 heavy (non-hydrogen) atoms. The third-order valence-electron chi connectivity index (χ3n) is 3.16. The van der Waals surface area contributed by atoms with Gasteiger partial charge in [-0.05, 0) is 30.3 Å². The van der Waals surface area contributed by atoms with E-state index < -0.39 is 11.7 Å². The van der Waals surface area contributed by atoms with Gasteiger partial charge in [0, 0.05) is 10.9 Å². The third kappa shape index (κ3) is 2.34. The zero-order chi connectivity index (χ0) is 15.0. The summed E-state index contributed by atoms with van der Waals surface area (Å²) in [6.07, 6.45) is -4.40. The lowest BCUT2D eigenvalue weighted by Gasteiger charge is -2.07. The van der Waals surface area contributed by atoms with Gasteiger partial charge in [-0.15, -0.1) is 0 Å². The maximum atomic E-state index is 12.8. The average molecular weight is 287 g/mol. The van der Waals surface area contributed by atoms with Crippen LogP contribution in [-0.2, 0) is 6.18 Å². The molecule has 0 aliphatic carbocycles. The van der Waals surface area contributed by atoms with E-state index in [1.54, 1.807) is 24.3 Å². The normalized spacial score (nSPS) is 11.5. The van der Waals surface area contributed by atoms with Crippen molar-refractivity contribution in [3.63, 3.8) is 0 Å². The van der Waals surface area contributed by atoms with E-state index in [0.717, 1.165) is 12.1 Å². The molecule has 0 aliphatic heterocycles. The van der Waals surface area contributed by atoms with E-state index in [0.29, 0.717) is 27.7 Å². The van der Waals surface area contributed by atoms with E-state index in [9.17, 15) is 13.2 Å². The number of hydrogen-bond donors (Lipinski definition) is 1. The van der Waals surface area contributed by atoms with Gasteiger partial charge in [-0.25, -0.2) is 0 Å². The Kier molecular flexibility index (Phi) is 2.91. The molecule has 0 aliphatic rings. The van der Waals surface area contributed by atoms with E-state index in [4.69, 9.17) is 5.26 Å². The Labute approximate surface area is 117 Å². The number of alkyl halides is 3. The number of benzene rings is 2. The van der Waals surface area contributed by atoms with Crippen molar-refractivity contribution in [2.24, 2.45) is 0 Å². The smallest absolute Gasteiger partial charge is 0.277 e. The van der Waals surface area contributed by atoms with Gasteiger partial charge in [-0.1, -0.05) is 12.1 Å². The topological polar surface area (TPSA) is 52.5 Å². The van der Waals surface area contributed by atoms with Gasteiger partial charge >= 0.3 is 6.18 Å². The Balaban J connectivity index is 2.19. The van der Waals surface area contributed by atoms with Gasteiger partial charge in [-0.2, -0.15) is 23.5 Å². The van der Waals surface area contributed by atoms with Crippen molar-refractivity contribution in [3.8, 4) is 17.3 Å². The fourth-order valence-electron chi connectivity index (χ4n) is 2.15. The number of nitriles is 1. The van der Waals surface area contributed by atoms with Gasteiger partial charge in [0.15, 0.2) is 0 Å². The van der Waals surface area contributed by atoms with Crippen LogP contribution < -0.4 is 0 Å². The summed E-state index contributed by atoms with van der Waals surface area (Å²) >= 11 is 0. The predicted molar refractivity (Wildman–Crippen MR) is 71.2 cm³/mol. The van der Waals surface area contributed by atoms with E-state index in [2.05, 4.69) is 10.2 Å². The minimum absolute atomic E-state index is 0.353. The van der Waals surface area contributed by atoms with Crippen molar-refractivity contribution in [1.29, 1.82) is 5.26 Å². The molecule has 3 rings (SSSR count). The number of aromatic amines is 1. The van der Waals surface area contributed by atoms with Crippen LogP contribution in [0.2, 0.25) is 0 Å². The molecule has 0 unspecified atom stereocenters. The number of nitrogens with one attached hydrogen (secondary N) is 1. The van der Waals surface area contributed by atoms with Crippen LogP contribution in [0, 0.1) is 11.3 Å². The molecule has 1 aromatic heterocycles. The summed E-state index contributed by atoms with van der Waals surface area (Å²) in [4.78, 5) is 0. The molecule has 2 aromatic carbocycles. The van der Waals surface area contributed by atoms with Gasteiger partial charge in [0.25, 0.3) is 0 Å².